The van der Waals surface area contributed by atoms with Gasteiger partial charge in [-0.1, -0.05) is 6.07 Å². The van der Waals surface area contributed by atoms with Crippen molar-refractivity contribution in [2.45, 2.75) is 13.5 Å². The van der Waals surface area contributed by atoms with Gasteiger partial charge in [-0.25, -0.2) is 9.97 Å². The maximum atomic E-state index is 12.1. The molecule has 1 aliphatic heterocycles. The first kappa shape index (κ1) is 21.1. The van der Waals surface area contributed by atoms with Crippen LogP contribution in [0, 0.1) is 6.92 Å². The molecule has 33 heavy (non-hydrogen) atoms. The lowest BCUT2D eigenvalue weighted by Gasteiger charge is -2.35. The van der Waals surface area contributed by atoms with Crippen LogP contribution in [-0.2, 0) is 11.3 Å². The number of aryl methyl sites for hydroxylation is 1. The molecule has 0 saturated carbocycles. The Morgan fingerprint density at radius 3 is 2.58 bits per heavy atom. The molecular weight excluding hydrogens is 440 g/mol. The van der Waals surface area contributed by atoms with Crippen LogP contribution in [0.3, 0.4) is 0 Å². The number of rotatable bonds is 7. The SMILES string of the molecule is Cc1cn2cc(CNC(=O)COc3ccc(N4CCN(c5ccccn5)CC4)nn3)nc2s1. The van der Waals surface area contributed by atoms with E-state index in [0.717, 1.165) is 48.5 Å². The Balaban J connectivity index is 1.07. The normalized spacial score (nSPS) is 14.0. The van der Waals surface area contributed by atoms with Crippen LogP contribution in [0.2, 0.25) is 0 Å². The van der Waals surface area contributed by atoms with E-state index in [0.29, 0.717) is 12.4 Å². The zero-order chi connectivity index (χ0) is 22.6. The van der Waals surface area contributed by atoms with Crippen LogP contribution in [0.5, 0.6) is 5.88 Å². The summed E-state index contributed by atoms with van der Waals surface area (Å²) in [5, 5.41) is 11.2. The van der Waals surface area contributed by atoms with E-state index in [2.05, 4.69) is 35.3 Å². The van der Waals surface area contributed by atoms with E-state index in [1.807, 2.05) is 54.2 Å². The van der Waals surface area contributed by atoms with E-state index in [1.54, 1.807) is 17.4 Å². The van der Waals surface area contributed by atoms with Gasteiger partial charge in [0.1, 0.15) is 5.82 Å². The average molecular weight is 465 g/mol. The van der Waals surface area contributed by atoms with Crippen molar-refractivity contribution in [2.24, 2.45) is 0 Å². The lowest BCUT2D eigenvalue weighted by Crippen LogP contribution is -2.47. The number of thiazole rings is 1. The summed E-state index contributed by atoms with van der Waals surface area (Å²) in [6.45, 7) is 5.66. The minimum Gasteiger partial charge on any atom is -0.466 e. The summed E-state index contributed by atoms with van der Waals surface area (Å²) >= 11 is 1.62. The second-order valence-corrected chi connectivity index (χ2v) is 8.93. The summed E-state index contributed by atoms with van der Waals surface area (Å²) in [5.74, 6) is 1.87. The minimum absolute atomic E-state index is 0.127. The summed E-state index contributed by atoms with van der Waals surface area (Å²) in [5.41, 5.74) is 0.807. The first-order valence-corrected chi connectivity index (χ1v) is 11.5. The molecule has 10 nitrogen and oxygen atoms in total. The van der Waals surface area contributed by atoms with Crippen molar-refractivity contribution in [3.8, 4) is 5.88 Å². The Labute approximate surface area is 194 Å². The van der Waals surface area contributed by atoms with E-state index >= 15 is 0 Å². The largest absolute Gasteiger partial charge is 0.466 e. The van der Waals surface area contributed by atoms with Gasteiger partial charge in [-0.05, 0) is 25.1 Å². The molecule has 1 saturated heterocycles. The number of anilines is 2. The van der Waals surface area contributed by atoms with Gasteiger partial charge in [0.15, 0.2) is 17.4 Å². The van der Waals surface area contributed by atoms with Gasteiger partial charge in [0, 0.05) is 55.7 Å². The lowest BCUT2D eigenvalue weighted by atomic mass is 10.3. The van der Waals surface area contributed by atoms with Gasteiger partial charge >= 0.3 is 0 Å². The molecule has 5 rings (SSSR count). The number of carbonyl (C=O) groups is 1. The molecule has 0 unspecified atom stereocenters. The fourth-order valence-corrected chi connectivity index (χ4v) is 4.52. The van der Waals surface area contributed by atoms with Crippen LogP contribution < -0.4 is 19.9 Å². The zero-order valence-electron chi connectivity index (χ0n) is 18.2. The molecule has 0 aromatic carbocycles. The minimum atomic E-state index is -0.237. The number of ether oxygens (including phenoxy) is 1. The molecule has 1 N–H and O–H groups in total. The Bertz CT molecular complexity index is 1180. The molecule has 0 spiro atoms. The van der Waals surface area contributed by atoms with Crippen LogP contribution in [-0.4, -0.2) is 63.3 Å². The van der Waals surface area contributed by atoms with E-state index in [1.165, 1.54) is 4.88 Å². The van der Waals surface area contributed by atoms with Crippen molar-refractivity contribution in [1.82, 2.24) is 29.9 Å². The molecule has 1 aliphatic rings. The number of imidazole rings is 1. The molecule has 0 aliphatic carbocycles. The highest BCUT2D eigenvalue weighted by atomic mass is 32.1. The highest BCUT2D eigenvalue weighted by Crippen LogP contribution is 2.18. The van der Waals surface area contributed by atoms with E-state index in [4.69, 9.17) is 4.74 Å². The lowest BCUT2D eigenvalue weighted by molar-refractivity contribution is -0.123. The molecule has 0 radical (unpaired) electrons. The number of fused-ring (bicyclic) bond motifs is 1. The third-order valence-electron chi connectivity index (χ3n) is 5.34. The summed E-state index contributed by atoms with van der Waals surface area (Å²) in [6, 6.07) is 9.56. The summed E-state index contributed by atoms with van der Waals surface area (Å²) in [7, 11) is 0. The quantitative estimate of drug-likeness (QED) is 0.443. The topological polar surface area (TPSA) is 101 Å². The van der Waals surface area contributed by atoms with Gasteiger partial charge in [-0.15, -0.1) is 21.5 Å². The Morgan fingerprint density at radius 1 is 1.06 bits per heavy atom. The van der Waals surface area contributed by atoms with Gasteiger partial charge in [-0.2, -0.15) is 0 Å². The molecule has 1 amide bonds. The molecule has 0 bridgehead atoms. The maximum absolute atomic E-state index is 12.1. The molecule has 170 valence electrons. The number of piperazine rings is 1. The molecule has 4 aromatic rings. The van der Waals surface area contributed by atoms with Crippen molar-refractivity contribution in [2.75, 3.05) is 42.6 Å². The molecule has 11 heteroatoms. The van der Waals surface area contributed by atoms with E-state index in [-0.39, 0.29) is 12.5 Å². The first-order chi connectivity index (χ1) is 16.1. The van der Waals surface area contributed by atoms with Gasteiger partial charge in [0.2, 0.25) is 5.88 Å². The fraction of sp³-hybridized carbons (Fsp3) is 0.318. The van der Waals surface area contributed by atoms with Gasteiger partial charge in [0.05, 0.1) is 12.2 Å². The molecule has 4 aromatic heterocycles. The van der Waals surface area contributed by atoms with E-state index in [9.17, 15) is 4.79 Å². The maximum Gasteiger partial charge on any atom is 0.258 e. The molecular formula is C22H24N8O2S. The second kappa shape index (κ2) is 9.41. The number of hydrogen-bond acceptors (Lipinski definition) is 9. The van der Waals surface area contributed by atoms with Gasteiger partial charge < -0.3 is 19.9 Å². The van der Waals surface area contributed by atoms with Crippen molar-refractivity contribution < 1.29 is 9.53 Å². The van der Waals surface area contributed by atoms with Gasteiger partial charge in [-0.3, -0.25) is 9.20 Å². The highest BCUT2D eigenvalue weighted by molar-refractivity contribution is 7.16. The number of aromatic nitrogens is 5. The Morgan fingerprint density at radius 2 is 1.88 bits per heavy atom. The Hall–Kier alpha value is -3.73. The van der Waals surface area contributed by atoms with Crippen molar-refractivity contribution in [3.05, 3.63) is 59.5 Å². The number of carbonyl (C=O) groups excluding carboxylic acids is 1. The van der Waals surface area contributed by atoms with Crippen LogP contribution in [0.4, 0.5) is 11.6 Å². The molecule has 5 heterocycles. The highest BCUT2D eigenvalue weighted by Gasteiger charge is 2.19. The van der Waals surface area contributed by atoms with Crippen molar-refractivity contribution >= 4 is 33.8 Å². The predicted molar refractivity (Wildman–Crippen MR) is 126 cm³/mol. The second-order valence-electron chi connectivity index (χ2n) is 7.72. The zero-order valence-corrected chi connectivity index (χ0v) is 19.0. The molecule has 1 fully saturated rings. The number of pyridine rings is 1. The van der Waals surface area contributed by atoms with E-state index < -0.39 is 0 Å². The molecule has 0 atom stereocenters. The number of nitrogens with zero attached hydrogens (tertiary/aromatic N) is 7. The Kier molecular flexibility index (Phi) is 6.03. The fourth-order valence-electron chi connectivity index (χ4n) is 3.69. The van der Waals surface area contributed by atoms with Crippen molar-refractivity contribution in [3.63, 3.8) is 0 Å². The average Bonchev–Trinajstić information content (AvgIpc) is 3.39. The first-order valence-electron chi connectivity index (χ1n) is 10.7. The number of nitrogens with one attached hydrogen (secondary N) is 1. The standard InChI is InChI=1S/C22H24N8O2S/c1-16-13-30-14-17(25-22(30)33-16)12-24-20(31)15-32-21-6-5-19(26-27-21)29-10-8-28(9-11-29)18-4-2-3-7-23-18/h2-7,13-14H,8-12,15H2,1H3,(H,24,31). The van der Waals surface area contributed by atoms with Crippen LogP contribution in [0.15, 0.2) is 48.9 Å². The van der Waals surface area contributed by atoms with Crippen LogP contribution in [0.1, 0.15) is 10.6 Å². The third-order valence-corrected chi connectivity index (χ3v) is 6.25. The predicted octanol–water partition coefficient (Wildman–Crippen LogP) is 1.91. The number of hydrogen-bond donors (Lipinski definition) is 1. The van der Waals surface area contributed by atoms with Crippen LogP contribution in [0.25, 0.3) is 4.96 Å². The third kappa shape index (κ3) is 5.03. The monoisotopic (exact) mass is 464 g/mol. The van der Waals surface area contributed by atoms with Crippen molar-refractivity contribution in [1.29, 1.82) is 0 Å². The summed E-state index contributed by atoms with van der Waals surface area (Å²) < 4.78 is 7.45. The summed E-state index contributed by atoms with van der Waals surface area (Å²) in [6.07, 6.45) is 5.75. The summed E-state index contributed by atoms with van der Waals surface area (Å²) in [4.78, 5) is 27.6. The van der Waals surface area contributed by atoms with Gasteiger partial charge in [0.25, 0.3) is 5.91 Å². The number of amides is 1. The van der Waals surface area contributed by atoms with Crippen LogP contribution >= 0.6 is 11.3 Å². The smallest absolute Gasteiger partial charge is 0.258 e.